The van der Waals surface area contributed by atoms with Crippen LogP contribution in [0.2, 0.25) is 0 Å². The molecule has 0 N–H and O–H groups in total. The lowest BCUT2D eigenvalue weighted by Gasteiger charge is -2.13. The van der Waals surface area contributed by atoms with Crippen LogP contribution in [0.4, 0.5) is 0 Å². The molecule has 1 aromatic rings. The third-order valence-electron chi connectivity index (χ3n) is 3.76. The van der Waals surface area contributed by atoms with Gasteiger partial charge in [-0.25, -0.2) is 0 Å². The summed E-state index contributed by atoms with van der Waals surface area (Å²) in [6.07, 6.45) is 4.31. The highest BCUT2D eigenvalue weighted by Gasteiger charge is 2.35. The van der Waals surface area contributed by atoms with E-state index in [2.05, 4.69) is 12.1 Å². The lowest BCUT2D eigenvalue weighted by molar-refractivity contribution is 0.0963. The molecule has 1 aliphatic carbocycles. The summed E-state index contributed by atoms with van der Waals surface area (Å²) >= 11 is 0. The second-order valence-corrected chi connectivity index (χ2v) is 5.08. The van der Waals surface area contributed by atoms with E-state index in [9.17, 15) is 10.1 Å². The molecule has 0 saturated heterocycles. The van der Waals surface area contributed by atoms with E-state index in [1.54, 1.807) is 4.57 Å². The summed E-state index contributed by atoms with van der Waals surface area (Å²) in [5.41, 5.74) is 4.32. The van der Waals surface area contributed by atoms with Crippen molar-refractivity contribution in [2.45, 2.75) is 25.7 Å². The van der Waals surface area contributed by atoms with Crippen LogP contribution in [-0.4, -0.2) is 29.5 Å². The first-order valence-electron chi connectivity index (χ1n) is 6.25. The van der Waals surface area contributed by atoms with E-state index in [-0.39, 0.29) is 11.5 Å². The van der Waals surface area contributed by atoms with E-state index in [4.69, 9.17) is 0 Å². The molecule has 0 unspecified atom stereocenters. The van der Waals surface area contributed by atoms with Crippen LogP contribution in [0.3, 0.4) is 0 Å². The van der Waals surface area contributed by atoms with Gasteiger partial charge in [-0.1, -0.05) is 0 Å². The first kappa shape index (κ1) is 11.1. The van der Waals surface area contributed by atoms with Crippen LogP contribution in [0.15, 0.2) is 11.6 Å². The SMILES string of the molecule is CN(C)C1=C(C#N)C(=O)n2c1cc1c2CCCC1. The second kappa shape index (κ2) is 3.74. The van der Waals surface area contributed by atoms with E-state index < -0.39 is 0 Å². The third-order valence-corrected chi connectivity index (χ3v) is 3.76. The highest BCUT2D eigenvalue weighted by atomic mass is 16.2. The number of aryl methyl sites for hydroxylation is 1. The molecule has 2 heterocycles. The molecule has 0 fully saturated rings. The van der Waals surface area contributed by atoms with Crippen molar-refractivity contribution in [3.05, 3.63) is 28.6 Å². The van der Waals surface area contributed by atoms with Crippen molar-refractivity contribution in [2.75, 3.05) is 14.1 Å². The Morgan fingerprint density at radius 3 is 2.72 bits per heavy atom. The summed E-state index contributed by atoms with van der Waals surface area (Å²) in [4.78, 5) is 14.2. The minimum absolute atomic E-state index is 0.153. The monoisotopic (exact) mass is 241 g/mol. The van der Waals surface area contributed by atoms with Crippen molar-refractivity contribution in [2.24, 2.45) is 0 Å². The summed E-state index contributed by atoms with van der Waals surface area (Å²) in [6, 6.07) is 4.14. The van der Waals surface area contributed by atoms with Crippen molar-refractivity contribution in [3.8, 4) is 6.07 Å². The Bertz CT molecular complexity index is 614. The highest BCUT2D eigenvalue weighted by molar-refractivity contribution is 6.11. The maximum absolute atomic E-state index is 12.3. The van der Waals surface area contributed by atoms with E-state index >= 15 is 0 Å². The highest BCUT2D eigenvalue weighted by Crippen LogP contribution is 2.36. The molecule has 92 valence electrons. The molecule has 3 rings (SSSR count). The minimum Gasteiger partial charge on any atom is -0.375 e. The molecule has 1 aliphatic heterocycles. The summed E-state index contributed by atoms with van der Waals surface area (Å²) in [6.45, 7) is 0. The van der Waals surface area contributed by atoms with Crippen LogP contribution in [-0.2, 0) is 12.8 Å². The van der Waals surface area contributed by atoms with E-state index in [1.165, 1.54) is 12.0 Å². The van der Waals surface area contributed by atoms with Crippen molar-refractivity contribution in [3.63, 3.8) is 0 Å². The molecule has 0 spiro atoms. The van der Waals surface area contributed by atoms with Crippen molar-refractivity contribution in [1.82, 2.24) is 9.47 Å². The molecule has 0 radical (unpaired) electrons. The van der Waals surface area contributed by atoms with Gasteiger partial charge < -0.3 is 4.90 Å². The van der Waals surface area contributed by atoms with Crippen molar-refractivity contribution >= 4 is 11.6 Å². The quantitative estimate of drug-likeness (QED) is 0.753. The van der Waals surface area contributed by atoms with Gasteiger partial charge in [0, 0.05) is 19.8 Å². The van der Waals surface area contributed by atoms with E-state index in [1.807, 2.05) is 19.0 Å². The Balaban J connectivity index is 2.25. The van der Waals surface area contributed by atoms with Gasteiger partial charge >= 0.3 is 0 Å². The Kier molecular flexibility index (Phi) is 2.30. The Labute approximate surface area is 106 Å². The van der Waals surface area contributed by atoms with Crippen LogP contribution in [0.5, 0.6) is 0 Å². The molecule has 0 amide bonds. The third kappa shape index (κ3) is 1.28. The fourth-order valence-corrected chi connectivity index (χ4v) is 3.00. The van der Waals surface area contributed by atoms with Gasteiger partial charge in [-0.2, -0.15) is 5.26 Å². The normalized spacial score (nSPS) is 17.5. The second-order valence-electron chi connectivity index (χ2n) is 5.08. The number of hydrogen-bond acceptors (Lipinski definition) is 3. The van der Waals surface area contributed by atoms with Crippen molar-refractivity contribution < 1.29 is 4.79 Å². The summed E-state index contributed by atoms with van der Waals surface area (Å²) in [7, 11) is 3.75. The minimum atomic E-state index is -0.153. The van der Waals surface area contributed by atoms with Crippen molar-refractivity contribution in [1.29, 1.82) is 5.26 Å². The smallest absolute Gasteiger partial charge is 0.275 e. The van der Waals surface area contributed by atoms with Gasteiger partial charge in [-0.3, -0.25) is 9.36 Å². The van der Waals surface area contributed by atoms with Gasteiger partial charge in [-0.05, 0) is 37.3 Å². The fraction of sp³-hybridized carbons (Fsp3) is 0.429. The Morgan fingerprint density at radius 2 is 2.06 bits per heavy atom. The van der Waals surface area contributed by atoms with Crippen LogP contribution in [0.25, 0.3) is 5.70 Å². The molecule has 1 aromatic heterocycles. The standard InChI is InChI=1S/C14H15N3O/c1-16(2)13-10(8-15)14(18)17-11-6-4-3-5-9(11)7-12(13)17/h7H,3-6H2,1-2H3. The zero-order valence-electron chi connectivity index (χ0n) is 10.7. The lowest BCUT2D eigenvalue weighted by atomic mass is 9.97. The predicted molar refractivity (Wildman–Crippen MR) is 67.9 cm³/mol. The number of aromatic nitrogens is 1. The topological polar surface area (TPSA) is 49.0 Å². The molecular weight excluding hydrogens is 226 g/mol. The molecule has 0 saturated carbocycles. The number of rotatable bonds is 1. The average molecular weight is 241 g/mol. The van der Waals surface area contributed by atoms with Crippen LogP contribution >= 0.6 is 0 Å². The first-order chi connectivity index (χ1) is 8.65. The Hall–Kier alpha value is -2.02. The number of carbonyl (C=O) groups excluding carboxylic acids is 1. The van der Waals surface area contributed by atoms with Gasteiger partial charge in [0.05, 0.1) is 11.4 Å². The number of nitrogens with zero attached hydrogens (tertiary/aromatic N) is 3. The zero-order chi connectivity index (χ0) is 12.9. The fourth-order valence-electron chi connectivity index (χ4n) is 3.00. The molecule has 18 heavy (non-hydrogen) atoms. The molecule has 4 heteroatoms. The number of allylic oxidation sites excluding steroid dienone is 1. The van der Waals surface area contributed by atoms with E-state index in [0.29, 0.717) is 0 Å². The average Bonchev–Trinajstić information content (AvgIpc) is 2.84. The van der Waals surface area contributed by atoms with Gasteiger partial charge in [-0.15, -0.1) is 0 Å². The van der Waals surface area contributed by atoms with Gasteiger partial charge in [0.2, 0.25) is 0 Å². The first-order valence-corrected chi connectivity index (χ1v) is 6.25. The maximum Gasteiger partial charge on any atom is 0.275 e. The molecule has 2 aliphatic rings. The zero-order valence-corrected chi connectivity index (χ0v) is 10.7. The van der Waals surface area contributed by atoms with Crippen LogP contribution in [0, 0.1) is 11.3 Å². The van der Waals surface area contributed by atoms with Gasteiger partial charge in [0.15, 0.2) is 0 Å². The largest absolute Gasteiger partial charge is 0.375 e. The number of carbonyl (C=O) groups is 1. The summed E-state index contributed by atoms with van der Waals surface area (Å²) in [5, 5.41) is 9.18. The Morgan fingerprint density at radius 1 is 1.33 bits per heavy atom. The summed E-state index contributed by atoms with van der Waals surface area (Å²) in [5.74, 6) is -0.153. The summed E-state index contributed by atoms with van der Waals surface area (Å²) < 4.78 is 1.75. The predicted octanol–water partition coefficient (Wildman–Crippen LogP) is 1.82. The van der Waals surface area contributed by atoms with Crippen LogP contribution in [0.1, 0.15) is 34.6 Å². The molecule has 0 bridgehead atoms. The molecule has 0 atom stereocenters. The lowest BCUT2D eigenvalue weighted by Crippen LogP contribution is -2.14. The maximum atomic E-state index is 12.3. The molecule has 4 nitrogen and oxygen atoms in total. The molecular formula is C14H15N3O. The number of fused-ring (bicyclic) bond motifs is 3. The number of nitriles is 1. The molecule has 0 aromatic carbocycles. The van der Waals surface area contributed by atoms with Crippen LogP contribution < -0.4 is 0 Å². The van der Waals surface area contributed by atoms with E-state index in [0.717, 1.165) is 36.3 Å². The van der Waals surface area contributed by atoms with Gasteiger partial charge in [0.1, 0.15) is 11.6 Å². The number of hydrogen-bond donors (Lipinski definition) is 0. The van der Waals surface area contributed by atoms with Gasteiger partial charge in [0.25, 0.3) is 5.91 Å².